The number of imidazole rings is 1. The molecule has 4 heterocycles. The van der Waals surface area contributed by atoms with Crippen LogP contribution in [-0.2, 0) is 5.75 Å². The average Bonchev–Trinajstić information content (AvgIpc) is 3.50. The summed E-state index contributed by atoms with van der Waals surface area (Å²) >= 11 is 3.26. The lowest BCUT2D eigenvalue weighted by Crippen LogP contribution is -2.01. The molecule has 0 spiro atoms. The summed E-state index contributed by atoms with van der Waals surface area (Å²) in [4.78, 5) is 5.78. The molecule has 0 atom stereocenters. The van der Waals surface area contributed by atoms with Gasteiger partial charge in [-0.15, -0.1) is 21.5 Å². The van der Waals surface area contributed by atoms with Gasteiger partial charge in [0, 0.05) is 18.1 Å². The molecule has 150 valence electrons. The van der Waals surface area contributed by atoms with Crippen molar-refractivity contribution in [2.24, 2.45) is 0 Å². The standard InChI is InChI=1S/C22H19N5OS2/c1-15-9-10-20-23-16(13-26(20)12-15)14-30-22-25-24-21(19-8-5-11-29-19)27(22)17-6-3-4-7-18(17)28-2/h3-13H,14H2,1-2H3. The molecule has 5 aromatic rings. The summed E-state index contributed by atoms with van der Waals surface area (Å²) < 4.78 is 9.74. The fourth-order valence-corrected chi connectivity index (χ4v) is 4.85. The number of rotatable bonds is 6. The zero-order valence-electron chi connectivity index (χ0n) is 16.5. The fraction of sp³-hybridized carbons (Fsp3) is 0.136. The summed E-state index contributed by atoms with van der Waals surface area (Å²) in [6.45, 7) is 2.08. The maximum Gasteiger partial charge on any atom is 0.196 e. The van der Waals surface area contributed by atoms with Crippen molar-refractivity contribution in [2.75, 3.05) is 7.11 Å². The lowest BCUT2D eigenvalue weighted by atomic mass is 10.3. The van der Waals surface area contributed by atoms with Gasteiger partial charge in [0.05, 0.1) is 23.4 Å². The van der Waals surface area contributed by atoms with Crippen molar-refractivity contribution in [2.45, 2.75) is 17.8 Å². The maximum absolute atomic E-state index is 5.61. The number of pyridine rings is 1. The number of thioether (sulfide) groups is 1. The summed E-state index contributed by atoms with van der Waals surface area (Å²) in [5.41, 5.74) is 4.07. The van der Waals surface area contributed by atoms with Gasteiger partial charge in [0.15, 0.2) is 11.0 Å². The zero-order chi connectivity index (χ0) is 20.5. The molecule has 4 aromatic heterocycles. The largest absolute Gasteiger partial charge is 0.495 e. The van der Waals surface area contributed by atoms with Crippen LogP contribution in [-0.4, -0.2) is 31.3 Å². The highest BCUT2D eigenvalue weighted by atomic mass is 32.2. The molecule has 0 aliphatic heterocycles. The molecule has 0 amide bonds. The number of aryl methyl sites for hydroxylation is 1. The van der Waals surface area contributed by atoms with E-state index in [-0.39, 0.29) is 0 Å². The molecule has 0 aliphatic rings. The second-order valence-corrected chi connectivity index (χ2v) is 8.67. The van der Waals surface area contributed by atoms with Crippen molar-refractivity contribution in [3.8, 4) is 22.1 Å². The van der Waals surface area contributed by atoms with Gasteiger partial charge in [-0.25, -0.2) is 4.98 Å². The van der Waals surface area contributed by atoms with Crippen molar-refractivity contribution in [3.63, 3.8) is 0 Å². The smallest absolute Gasteiger partial charge is 0.196 e. The Bertz CT molecular complexity index is 1310. The molecule has 5 rings (SSSR count). The second kappa shape index (κ2) is 7.97. The quantitative estimate of drug-likeness (QED) is 0.342. The molecule has 0 fully saturated rings. The number of benzene rings is 1. The van der Waals surface area contributed by atoms with Gasteiger partial charge in [0.1, 0.15) is 11.4 Å². The van der Waals surface area contributed by atoms with E-state index >= 15 is 0 Å². The Balaban J connectivity index is 1.53. The number of hydrogen-bond acceptors (Lipinski definition) is 6. The van der Waals surface area contributed by atoms with Gasteiger partial charge in [-0.1, -0.05) is 36.0 Å². The number of aromatic nitrogens is 5. The summed E-state index contributed by atoms with van der Waals surface area (Å²) in [6, 6.07) is 16.1. The monoisotopic (exact) mass is 433 g/mol. The van der Waals surface area contributed by atoms with Crippen LogP contribution in [0.5, 0.6) is 5.75 Å². The number of fused-ring (bicyclic) bond motifs is 1. The van der Waals surface area contributed by atoms with Crippen molar-refractivity contribution in [1.29, 1.82) is 0 Å². The summed E-state index contributed by atoms with van der Waals surface area (Å²) in [6.07, 6.45) is 4.15. The van der Waals surface area contributed by atoms with Gasteiger partial charge < -0.3 is 9.14 Å². The van der Waals surface area contributed by atoms with E-state index in [9.17, 15) is 0 Å². The third-order valence-electron chi connectivity index (χ3n) is 4.70. The van der Waals surface area contributed by atoms with E-state index in [2.05, 4.69) is 50.6 Å². The minimum atomic E-state index is 0.693. The van der Waals surface area contributed by atoms with Crippen LogP contribution < -0.4 is 4.74 Å². The first-order valence-corrected chi connectivity index (χ1v) is 11.3. The van der Waals surface area contributed by atoms with E-state index in [0.717, 1.165) is 38.6 Å². The molecule has 0 radical (unpaired) electrons. The van der Waals surface area contributed by atoms with Gasteiger partial charge in [-0.3, -0.25) is 4.57 Å². The molecule has 1 aromatic carbocycles. The maximum atomic E-state index is 5.61. The molecule has 0 N–H and O–H groups in total. The van der Waals surface area contributed by atoms with E-state index < -0.39 is 0 Å². The van der Waals surface area contributed by atoms with Gasteiger partial charge in [-0.2, -0.15) is 0 Å². The van der Waals surface area contributed by atoms with Crippen molar-refractivity contribution in [1.82, 2.24) is 24.1 Å². The minimum absolute atomic E-state index is 0.693. The van der Waals surface area contributed by atoms with E-state index in [4.69, 9.17) is 9.72 Å². The first-order chi connectivity index (χ1) is 14.7. The number of ether oxygens (including phenoxy) is 1. The highest BCUT2D eigenvalue weighted by Gasteiger charge is 2.19. The molecule has 0 aliphatic carbocycles. The Morgan fingerprint density at radius 1 is 1.03 bits per heavy atom. The predicted molar refractivity (Wildman–Crippen MR) is 121 cm³/mol. The number of thiophene rings is 1. The highest BCUT2D eigenvalue weighted by Crippen LogP contribution is 2.34. The molecule has 6 nitrogen and oxygen atoms in total. The number of nitrogens with zero attached hydrogens (tertiary/aromatic N) is 5. The Morgan fingerprint density at radius 2 is 1.93 bits per heavy atom. The van der Waals surface area contributed by atoms with Crippen LogP contribution in [0.4, 0.5) is 0 Å². The van der Waals surface area contributed by atoms with Crippen LogP contribution >= 0.6 is 23.1 Å². The molecule has 0 unspecified atom stereocenters. The van der Waals surface area contributed by atoms with Gasteiger partial charge in [0.25, 0.3) is 0 Å². The van der Waals surface area contributed by atoms with E-state index in [1.807, 2.05) is 41.8 Å². The minimum Gasteiger partial charge on any atom is -0.495 e. The van der Waals surface area contributed by atoms with Crippen LogP contribution in [0.15, 0.2) is 71.5 Å². The Labute approximate surface area is 182 Å². The van der Waals surface area contributed by atoms with Gasteiger partial charge in [0.2, 0.25) is 0 Å². The van der Waals surface area contributed by atoms with E-state index in [0.29, 0.717) is 5.75 Å². The Morgan fingerprint density at radius 3 is 2.77 bits per heavy atom. The fourth-order valence-electron chi connectivity index (χ4n) is 3.32. The summed E-state index contributed by atoms with van der Waals surface area (Å²) in [5, 5.41) is 11.8. The van der Waals surface area contributed by atoms with E-state index in [1.54, 1.807) is 30.2 Å². The first kappa shape index (κ1) is 18.9. The number of para-hydroxylation sites is 2. The normalized spacial score (nSPS) is 11.3. The zero-order valence-corrected chi connectivity index (χ0v) is 18.2. The van der Waals surface area contributed by atoms with Crippen LogP contribution in [0, 0.1) is 6.92 Å². The van der Waals surface area contributed by atoms with Crippen LogP contribution in [0.2, 0.25) is 0 Å². The lowest BCUT2D eigenvalue weighted by molar-refractivity contribution is 0.412. The Hall–Kier alpha value is -3.10. The van der Waals surface area contributed by atoms with Crippen LogP contribution in [0.1, 0.15) is 11.3 Å². The van der Waals surface area contributed by atoms with Crippen molar-refractivity contribution >= 4 is 28.7 Å². The van der Waals surface area contributed by atoms with Gasteiger partial charge >= 0.3 is 0 Å². The average molecular weight is 434 g/mol. The summed E-state index contributed by atoms with van der Waals surface area (Å²) in [7, 11) is 1.68. The molecule has 0 saturated heterocycles. The topological polar surface area (TPSA) is 57.2 Å². The molecular formula is C22H19N5OS2. The summed E-state index contributed by atoms with van der Waals surface area (Å²) in [5.74, 6) is 2.28. The number of hydrogen-bond donors (Lipinski definition) is 0. The molecule has 8 heteroatoms. The molecular weight excluding hydrogens is 414 g/mol. The van der Waals surface area contributed by atoms with Crippen molar-refractivity contribution in [3.05, 3.63) is 77.6 Å². The Kier molecular flexibility index (Phi) is 5.02. The molecule has 0 saturated carbocycles. The highest BCUT2D eigenvalue weighted by molar-refractivity contribution is 7.98. The molecule has 0 bridgehead atoms. The van der Waals surface area contributed by atoms with Crippen LogP contribution in [0.3, 0.4) is 0 Å². The van der Waals surface area contributed by atoms with Crippen LogP contribution in [0.25, 0.3) is 22.0 Å². The first-order valence-electron chi connectivity index (χ1n) is 9.42. The third kappa shape index (κ3) is 3.48. The predicted octanol–water partition coefficient (Wildman–Crippen LogP) is 5.25. The number of methoxy groups -OCH3 is 1. The lowest BCUT2D eigenvalue weighted by Gasteiger charge is -2.13. The third-order valence-corrected chi connectivity index (χ3v) is 6.53. The van der Waals surface area contributed by atoms with Gasteiger partial charge in [-0.05, 0) is 42.1 Å². The van der Waals surface area contributed by atoms with Crippen molar-refractivity contribution < 1.29 is 4.74 Å². The SMILES string of the molecule is COc1ccccc1-n1c(SCc2cn3cc(C)ccc3n2)nnc1-c1cccs1. The van der Waals surface area contributed by atoms with E-state index in [1.165, 1.54) is 5.56 Å². The second-order valence-electron chi connectivity index (χ2n) is 6.78. The molecule has 30 heavy (non-hydrogen) atoms.